The van der Waals surface area contributed by atoms with Crippen molar-refractivity contribution in [3.05, 3.63) is 68.5 Å². The Kier molecular flexibility index (Phi) is 7.71. The van der Waals surface area contributed by atoms with Gasteiger partial charge in [-0.1, -0.05) is 23.7 Å². The van der Waals surface area contributed by atoms with Crippen molar-refractivity contribution >= 4 is 46.6 Å². The second kappa shape index (κ2) is 11.3. The Morgan fingerprint density at radius 3 is 2.79 bits per heavy atom. The highest BCUT2D eigenvalue weighted by Crippen LogP contribution is 2.47. The Hall–Kier alpha value is -3.48. The lowest BCUT2D eigenvalue weighted by molar-refractivity contribution is -0.143. The predicted octanol–water partition coefficient (Wildman–Crippen LogP) is 3.77. The molecule has 10 nitrogen and oxygen atoms in total. The van der Waals surface area contributed by atoms with Crippen molar-refractivity contribution in [1.29, 1.82) is 0 Å². The molecule has 0 bridgehead atoms. The number of rotatable bonds is 9. The molecule has 2 N–H and O–H groups in total. The molecule has 6 rings (SSSR count). The number of benzene rings is 1. The minimum Gasteiger partial charge on any atom is -0.481 e. The number of piperazine rings is 1. The third-order valence-electron chi connectivity index (χ3n) is 8.43. The number of nitrogens with one attached hydrogen (secondary N) is 1. The number of fused-ring (bicyclic) bond motifs is 1. The molecule has 2 atom stereocenters. The summed E-state index contributed by atoms with van der Waals surface area (Å²) in [6, 6.07) is 4.32. The van der Waals surface area contributed by atoms with Crippen LogP contribution in [-0.4, -0.2) is 94.7 Å². The number of carboxylic acid groups (broad SMARTS) is 1. The summed E-state index contributed by atoms with van der Waals surface area (Å²) in [6.45, 7) is 4.51. The van der Waals surface area contributed by atoms with Crippen LogP contribution in [0.5, 0.6) is 0 Å². The number of dihydropyridines is 1. The molecule has 1 aromatic carbocycles. The first-order valence-corrected chi connectivity index (χ1v) is 15.2. The Labute approximate surface area is 251 Å². The zero-order valence-corrected chi connectivity index (χ0v) is 24.6. The lowest BCUT2D eigenvalue weighted by atomic mass is 9.86. The number of esters is 1. The van der Waals surface area contributed by atoms with Crippen LogP contribution in [0, 0.1) is 11.2 Å². The standard InChI is InChI=1S/C29H31ClFN5O5S/c1-2-41-26(37)23-19(18-4-3-5-20(31)24(18)30)12-21(25-32-8-11-42-25)33-22(23)15-34-9-10-36-17(13-34)14-35(28(36)40)16-29(6-7-29)27(38)39/h3-5,8,11-12,17,19,33H,2,6-7,9-10,13-16H2,1H3,(H,38,39)/t17?,19-/m0/s1. The third kappa shape index (κ3) is 5.27. The van der Waals surface area contributed by atoms with Gasteiger partial charge in [0.2, 0.25) is 0 Å². The number of carboxylic acids is 1. The molecule has 0 spiro atoms. The highest BCUT2D eigenvalue weighted by Gasteiger charge is 2.54. The van der Waals surface area contributed by atoms with E-state index in [0.717, 1.165) is 0 Å². The quantitative estimate of drug-likeness (QED) is 0.410. The van der Waals surface area contributed by atoms with Gasteiger partial charge in [0.05, 0.1) is 34.4 Å². The van der Waals surface area contributed by atoms with Gasteiger partial charge in [0.15, 0.2) is 0 Å². The fraction of sp³-hybridized carbons (Fsp3) is 0.448. The highest BCUT2D eigenvalue weighted by atomic mass is 35.5. The topological polar surface area (TPSA) is 115 Å². The zero-order chi connectivity index (χ0) is 29.6. The maximum Gasteiger partial charge on any atom is 0.336 e. The molecular weight excluding hydrogens is 585 g/mol. The van der Waals surface area contributed by atoms with Crippen molar-refractivity contribution in [3.63, 3.8) is 0 Å². The van der Waals surface area contributed by atoms with E-state index in [9.17, 15) is 23.9 Å². The lowest BCUT2D eigenvalue weighted by Crippen LogP contribution is -2.53. The number of allylic oxidation sites excluding steroid dienone is 1. The van der Waals surface area contributed by atoms with E-state index in [-0.39, 0.29) is 30.2 Å². The number of ether oxygens (including phenoxy) is 1. The molecule has 2 saturated heterocycles. The lowest BCUT2D eigenvalue weighted by Gasteiger charge is -2.38. The molecule has 1 unspecified atom stereocenters. The first-order chi connectivity index (χ1) is 20.2. The van der Waals surface area contributed by atoms with Gasteiger partial charge in [0.25, 0.3) is 0 Å². The molecule has 1 saturated carbocycles. The normalized spacial score (nSPS) is 23.4. The smallest absolute Gasteiger partial charge is 0.336 e. The molecule has 3 fully saturated rings. The van der Waals surface area contributed by atoms with Crippen molar-refractivity contribution in [2.75, 3.05) is 45.9 Å². The van der Waals surface area contributed by atoms with Gasteiger partial charge in [-0.25, -0.2) is 19.0 Å². The second-order valence-corrected chi connectivity index (χ2v) is 12.4. The number of hydrogen-bond donors (Lipinski definition) is 2. The van der Waals surface area contributed by atoms with Gasteiger partial charge >= 0.3 is 18.0 Å². The Morgan fingerprint density at radius 2 is 2.10 bits per heavy atom. The van der Waals surface area contributed by atoms with E-state index < -0.39 is 29.1 Å². The largest absolute Gasteiger partial charge is 0.481 e. The molecule has 4 aliphatic rings. The van der Waals surface area contributed by atoms with E-state index in [1.54, 1.807) is 30.2 Å². The summed E-state index contributed by atoms with van der Waals surface area (Å²) >= 11 is 7.88. The van der Waals surface area contributed by atoms with Gasteiger partial charge < -0.3 is 25.0 Å². The van der Waals surface area contributed by atoms with E-state index in [4.69, 9.17) is 16.3 Å². The van der Waals surface area contributed by atoms with Crippen LogP contribution in [-0.2, 0) is 14.3 Å². The molecule has 1 aliphatic carbocycles. The monoisotopic (exact) mass is 615 g/mol. The average Bonchev–Trinajstić information content (AvgIpc) is 3.41. The van der Waals surface area contributed by atoms with Crippen molar-refractivity contribution in [3.8, 4) is 0 Å². The molecule has 42 heavy (non-hydrogen) atoms. The van der Waals surface area contributed by atoms with Gasteiger partial charge in [-0.05, 0) is 37.5 Å². The Bertz CT molecular complexity index is 1480. The molecule has 13 heteroatoms. The summed E-state index contributed by atoms with van der Waals surface area (Å²) in [5.41, 5.74) is 1.25. The molecule has 2 aromatic rings. The summed E-state index contributed by atoms with van der Waals surface area (Å²) in [5.74, 6) is -2.63. The SMILES string of the molecule is CCOC(=O)C1=C(CN2CCN3C(=O)N(CC4(C(=O)O)CC4)CC3C2)NC(c2nccs2)=C[C@H]1c1cccc(F)c1Cl. The average molecular weight is 616 g/mol. The molecule has 0 radical (unpaired) electrons. The summed E-state index contributed by atoms with van der Waals surface area (Å²) in [4.78, 5) is 48.4. The fourth-order valence-electron chi connectivity index (χ4n) is 6.08. The van der Waals surface area contributed by atoms with Gasteiger partial charge in [0.1, 0.15) is 10.8 Å². The van der Waals surface area contributed by atoms with E-state index in [0.29, 0.717) is 73.1 Å². The number of halogens is 2. The summed E-state index contributed by atoms with van der Waals surface area (Å²) in [5, 5.41) is 15.5. The maximum absolute atomic E-state index is 14.6. The molecule has 2 amide bonds. The third-order valence-corrected chi connectivity index (χ3v) is 9.63. The Morgan fingerprint density at radius 1 is 1.29 bits per heavy atom. The molecule has 4 heterocycles. The number of urea groups is 1. The van der Waals surface area contributed by atoms with Crippen LogP contribution in [0.4, 0.5) is 9.18 Å². The molecule has 3 aliphatic heterocycles. The first-order valence-electron chi connectivity index (χ1n) is 13.9. The predicted molar refractivity (Wildman–Crippen MR) is 154 cm³/mol. The summed E-state index contributed by atoms with van der Waals surface area (Å²) in [7, 11) is 0. The van der Waals surface area contributed by atoms with E-state index in [2.05, 4.69) is 15.2 Å². The number of hydrogen-bond acceptors (Lipinski definition) is 8. The number of thiazole rings is 1. The molecular formula is C29H31ClFN5O5S. The van der Waals surface area contributed by atoms with Crippen LogP contribution >= 0.6 is 22.9 Å². The highest BCUT2D eigenvalue weighted by molar-refractivity contribution is 7.10. The summed E-state index contributed by atoms with van der Waals surface area (Å²) in [6.07, 6.45) is 4.70. The minimum atomic E-state index is -0.847. The first kappa shape index (κ1) is 28.6. The van der Waals surface area contributed by atoms with Crippen LogP contribution < -0.4 is 5.32 Å². The maximum atomic E-state index is 14.6. The van der Waals surface area contributed by atoms with Gasteiger partial charge in [-0.3, -0.25) is 9.69 Å². The number of nitrogens with zero attached hydrogens (tertiary/aromatic N) is 4. The minimum absolute atomic E-state index is 0.0618. The van der Waals surface area contributed by atoms with E-state index in [1.807, 2.05) is 16.4 Å². The molecule has 1 aromatic heterocycles. The van der Waals surface area contributed by atoms with Crippen LogP contribution in [0.2, 0.25) is 5.02 Å². The van der Waals surface area contributed by atoms with Crippen LogP contribution in [0.3, 0.4) is 0 Å². The number of carbonyl (C=O) groups is 3. The van der Waals surface area contributed by atoms with Crippen molar-refractivity contribution < 1.29 is 28.6 Å². The van der Waals surface area contributed by atoms with Crippen molar-refractivity contribution in [2.24, 2.45) is 5.41 Å². The second-order valence-electron chi connectivity index (χ2n) is 11.1. The fourth-order valence-corrected chi connectivity index (χ4v) is 6.94. The number of aliphatic carboxylic acids is 1. The number of carbonyl (C=O) groups excluding carboxylic acids is 2. The van der Waals surface area contributed by atoms with Crippen molar-refractivity contribution in [1.82, 2.24) is 25.0 Å². The van der Waals surface area contributed by atoms with Gasteiger partial charge in [-0.15, -0.1) is 11.3 Å². The van der Waals surface area contributed by atoms with Gasteiger partial charge in [-0.2, -0.15) is 0 Å². The van der Waals surface area contributed by atoms with E-state index in [1.165, 1.54) is 17.4 Å². The van der Waals surface area contributed by atoms with Gasteiger partial charge in [0, 0.05) is 62.5 Å². The summed E-state index contributed by atoms with van der Waals surface area (Å²) < 4.78 is 20.1. The van der Waals surface area contributed by atoms with E-state index >= 15 is 0 Å². The van der Waals surface area contributed by atoms with Crippen molar-refractivity contribution in [2.45, 2.75) is 31.7 Å². The number of amides is 2. The zero-order valence-electron chi connectivity index (χ0n) is 23.0. The van der Waals surface area contributed by atoms with Crippen LogP contribution in [0.1, 0.15) is 36.3 Å². The molecule has 222 valence electrons. The Balaban J connectivity index is 1.29. The van der Waals surface area contributed by atoms with Crippen LogP contribution in [0.25, 0.3) is 5.70 Å². The van der Waals surface area contributed by atoms with Crippen LogP contribution in [0.15, 0.2) is 47.1 Å². The number of aromatic nitrogens is 1.